The van der Waals surface area contributed by atoms with E-state index in [1.54, 1.807) is 12.1 Å². The van der Waals surface area contributed by atoms with Gasteiger partial charge in [-0.05, 0) is 18.9 Å². The van der Waals surface area contributed by atoms with E-state index >= 15 is 0 Å². The molecule has 7 nitrogen and oxygen atoms in total. The van der Waals surface area contributed by atoms with E-state index in [0.29, 0.717) is 47.0 Å². The summed E-state index contributed by atoms with van der Waals surface area (Å²) >= 11 is 0. The smallest absolute Gasteiger partial charge is 0.278 e. The monoisotopic (exact) mass is 410 g/mol. The summed E-state index contributed by atoms with van der Waals surface area (Å²) in [5.41, 5.74) is 2.88. The van der Waals surface area contributed by atoms with Crippen LogP contribution in [0, 0.1) is 6.92 Å². The highest BCUT2D eigenvalue weighted by molar-refractivity contribution is 6.36. The Balaban J connectivity index is 2.11. The first-order valence-corrected chi connectivity index (χ1v) is 9.69. The van der Waals surface area contributed by atoms with Gasteiger partial charge >= 0.3 is 0 Å². The lowest BCUT2D eigenvalue weighted by molar-refractivity contribution is -0.136. The lowest BCUT2D eigenvalue weighted by Crippen LogP contribution is -2.33. The lowest BCUT2D eigenvalue weighted by atomic mass is 10.0. The van der Waals surface area contributed by atoms with Gasteiger partial charge in [0.05, 0.1) is 26.9 Å². The second kappa shape index (κ2) is 8.90. The molecule has 0 radical (unpaired) electrons. The third-order valence-electron chi connectivity index (χ3n) is 4.89. The standard InChI is InChI=1S/C23H26N2O5/c1-6-11-25-22(26)19(15-9-7-14(2)8-10-15)20(23(25)27)24-16-12-17(28-3)21(30-5)18(13-16)29-4/h7-10,12-13,24H,6,11H2,1-5H3. The number of amides is 2. The fourth-order valence-corrected chi connectivity index (χ4v) is 3.40. The van der Waals surface area contributed by atoms with Crippen LogP contribution in [0.1, 0.15) is 24.5 Å². The number of hydrogen-bond acceptors (Lipinski definition) is 6. The Morgan fingerprint density at radius 1 is 0.900 bits per heavy atom. The van der Waals surface area contributed by atoms with Crippen molar-refractivity contribution in [1.29, 1.82) is 0 Å². The molecule has 30 heavy (non-hydrogen) atoms. The molecule has 1 N–H and O–H groups in total. The van der Waals surface area contributed by atoms with Crippen LogP contribution in [-0.4, -0.2) is 44.6 Å². The van der Waals surface area contributed by atoms with Gasteiger partial charge in [-0.25, -0.2) is 0 Å². The van der Waals surface area contributed by atoms with Crippen LogP contribution in [0.5, 0.6) is 17.2 Å². The normalized spacial score (nSPS) is 13.7. The minimum atomic E-state index is -0.355. The van der Waals surface area contributed by atoms with Gasteiger partial charge in [-0.3, -0.25) is 14.5 Å². The summed E-state index contributed by atoms with van der Waals surface area (Å²) in [6, 6.07) is 10.9. The number of rotatable bonds is 8. The van der Waals surface area contributed by atoms with E-state index in [-0.39, 0.29) is 17.5 Å². The number of nitrogens with one attached hydrogen (secondary N) is 1. The second-order valence-electron chi connectivity index (χ2n) is 6.92. The number of methoxy groups -OCH3 is 3. The number of hydrogen-bond donors (Lipinski definition) is 1. The molecular formula is C23H26N2O5. The molecule has 0 atom stereocenters. The van der Waals surface area contributed by atoms with Gasteiger partial charge in [-0.2, -0.15) is 0 Å². The van der Waals surface area contributed by atoms with E-state index < -0.39 is 0 Å². The highest BCUT2D eigenvalue weighted by atomic mass is 16.5. The van der Waals surface area contributed by atoms with Crippen LogP contribution >= 0.6 is 0 Å². The molecule has 1 aliphatic rings. The topological polar surface area (TPSA) is 77.1 Å². The van der Waals surface area contributed by atoms with Gasteiger partial charge in [0.2, 0.25) is 5.75 Å². The Bertz CT molecular complexity index is 970. The summed E-state index contributed by atoms with van der Waals surface area (Å²) in [5.74, 6) is 0.671. The van der Waals surface area contributed by atoms with Gasteiger partial charge in [-0.15, -0.1) is 0 Å². The van der Waals surface area contributed by atoms with Crippen molar-refractivity contribution in [2.24, 2.45) is 0 Å². The van der Waals surface area contributed by atoms with Crippen LogP contribution in [0.3, 0.4) is 0 Å². The molecule has 0 aliphatic carbocycles. The number of benzene rings is 2. The van der Waals surface area contributed by atoms with Crippen LogP contribution in [0.15, 0.2) is 42.1 Å². The van der Waals surface area contributed by atoms with E-state index in [2.05, 4.69) is 5.32 Å². The van der Waals surface area contributed by atoms with Gasteiger partial charge in [0.25, 0.3) is 11.8 Å². The first kappa shape index (κ1) is 21.2. The molecule has 0 aromatic heterocycles. The molecule has 0 bridgehead atoms. The summed E-state index contributed by atoms with van der Waals surface area (Å²) in [4.78, 5) is 27.4. The number of anilines is 1. The molecule has 0 saturated heterocycles. The maximum absolute atomic E-state index is 13.1. The Hall–Kier alpha value is -3.48. The summed E-state index contributed by atoms with van der Waals surface area (Å²) in [5, 5.41) is 3.13. The minimum absolute atomic E-state index is 0.228. The molecular weight excluding hydrogens is 384 g/mol. The van der Waals surface area contributed by atoms with E-state index in [1.807, 2.05) is 38.1 Å². The van der Waals surface area contributed by atoms with Gasteiger partial charge in [0.1, 0.15) is 5.70 Å². The Morgan fingerprint density at radius 2 is 1.50 bits per heavy atom. The predicted molar refractivity (Wildman–Crippen MR) is 115 cm³/mol. The van der Waals surface area contributed by atoms with Crippen molar-refractivity contribution >= 4 is 23.1 Å². The van der Waals surface area contributed by atoms with E-state index in [1.165, 1.54) is 26.2 Å². The number of carbonyl (C=O) groups excluding carboxylic acids is 2. The molecule has 7 heteroatoms. The quantitative estimate of drug-likeness (QED) is 0.670. The first-order valence-electron chi connectivity index (χ1n) is 9.69. The van der Waals surface area contributed by atoms with Crippen molar-refractivity contribution in [1.82, 2.24) is 4.90 Å². The van der Waals surface area contributed by atoms with Crippen LogP contribution < -0.4 is 19.5 Å². The molecule has 1 aliphatic heterocycles. The molecule has 2 aromatic rings. The Kier molecular flexibility index (Phi) is 6.30. The lowest BCUT2D eigenvalue weighted by Gasteiger charge is -2.16. The summed E-state index contributed by atoms with van der Waals surface area (Å²) in [6.07, 6.45) is 0.677. The van der Waals surface area contributed by atoms with Crippen molar-refractivity contribution in [3.63, 3.8) is 0 Å². The molecule has 1 heterocycles. The number of nitrogens with zero attached hydrogens (tertiary/aromatic N) is 1. The van der Waals surface area contributed by atoms with Crippen LogP contribution in [0.2, 0.25) is 0 Å². The maximum Gasteiger partial charge on any atom is 0.278 e. The van der Waals surface area contributed by atoms with Crippen LogP contribution in [-0.2, 0) is 9.59 Å². The zero-order valence-electron chi connectivity index (χ0n) is 17.9. The van der Waals surface area contributed by atoms with Crippen molar-refractivity contribution in [3.05, 3.63) is 53.2 Å². The molecule has 3 rings (SSSR count). The Morgan fingerprint density at radius 3 is 2.00 bits per heavy atom. The number of ether oxygens (including phenoxy) is 3. The molecule has 2 aromatic carbocycles. The fraction of sp³-hybridized carbons (Fsp3) is 0.304. The summed E-state index contributed by atoms with van der Waals surface area (Å²) < 4.78 is 16.1. The van der Waals surface area contributed by atoms with Gasteiger partial charge in [-0.1, -0.05) is 36.8 Å². The minimum Gasteiger partial charge on any atom is -0.493 e. The molecule has 0 fully saturated rings. The Labute approximate surface area is 176 Å². The average Bonchev–Trinajstić information content (AvgIpc) is 2.98. The third kappa shape index (κ3) is 3.83. The van der Waals surface area contributed by atoms with E-state index in [9.17, 15) is 9.59 Å². The third-order valence-corrected chi connectivity index (χ3v) is 4.89. The number of carbonyl (C=O) groups is 2. The fourth-order valence-electron chi connectivity index (χ4n) is 3.40. The van der Waals surface area contributed by atoms with Gasteiger partial charge in [0, 0.05) is 24.4 Å². The first-order chi connectivity index (χ1) is 14.4. The summed E-state index contributed by atoms with van der Waals surface area (Å²) in [6.45, 7) is 4.25. The van der Waals surface area contributed by atoms with Crippen molar-refractivity contribution < 1.29 is 23.8 Å². The van der Waals surface area contributed by atoms with E-state index in [4.69, 9.17) is 14.2 Å². The van der Waals surface area contributed by atoms with Gasteiger partial charge < -0.3 is 19.5 Å². The molecule has 158 valence electrons. The van der Waals surface area contributed by atoms with Crippen molar-refractivity contribution in [3.8, 4) is 17.2 Å². The SMILES string of the molecule is CCCN1C(=O)C(Nc2cc(OC)c(OC)c(OC)c2)=C(c2ccc(C)cc2)C1=O. The maximum atomic E-state index is 13.1. The number of imide groups is 1. The second-order valence-corrected chi connectivity index (χ2v) is 6.92. The van der Waals surface area contributed by atoms with Crippen molar-refractivity contribution in [2.45, 2.75) is 20.3 Å². The number of aryl methyl sites for hydroxylation is 1. The molecule has 0 unspecified atom stereocenters. The molecule has 2 amide bonds. The zero-order valence-corrected chi connectivity index (χ0v) is 17.9. The highest BCUT2D eigenvalue weighted by Crippen LogP contribution is 2.41. The molecule has 0 spiro atoms. The summed E-state index contributed by atoms with van der Waals surface area (Å²) in [7, 11) is 4.56. The van der Waals surface area contributed by atoms with E-state index in [0.717, 1.165) is 5.56 Å². The molecule has 0 saturated carbocycles. The van der Waals surface area contributed by atoms with Crippen LogP contribution in [0.25, 0.3) is 5.57 Å². The highest BCUT2D eigenvalue weighted by Gasteiger charge is 2.38. The predicted octanol–water partition coefficient (Wildman–Crippen LogP) is 3.62. The van der Waals surface area contributed by atoms with Crippen LogP contribution in [0.4, 0.5) is 5.69 Å². The average molecular weight is 410 g/mol. The zero-order chi connectivity index (χ0) is 21.8. The van der Waals surface area contributed by atoms with Crippen molar-refractivity contribution in [2.75, 3.05) is 33.2 Å². The van der Waals surface area contributed by atoms with Gasteiger partial charge in [0.15, 0.2) is 11.5 Å². The largest absolute Gasteiger partial charge is 0.493 e.